The molecule has 3 heterocycles. The summed E-state index contributed by atoms with van der Waals surface area (Å²) in [5.41, 5.74) is 8.66. The first-order valence-corrected chi connectivity index (χ1v) is 10.8. The first-order valence-electron chi connectivity index (χ1n) is 10.1. The van der Waals surface area contributed by atoms with Gasteiger partial charge in [-0.25, -0.2) is 4.98 Å². The second-order valence-corrected chi connectivity index (χ2v) is 8.39. The summed E-state index contributed by atoms with van der Waals surface area (Å²) in [4.78, 5) is 10.7. The minimum atomic E-state index is 0.109. The van der Waals surface area contributed by atoms with E-state index in [0.29, 0.717) is 50.0 Å². The number of nitrogen functional groups attached to an aromatic ring is 1. The molecular formula is C23H23Cl2N5O2. The molecule has 0 bridgehead atoms. The Morgan fingerprint density at radius 1 is 1.19 bits per heavy atom. The number of ether oxygens (including phenoxy) is 2. The molecule has 0 unspecified atom stereocenters. The van der Waals surface area contributed by atoms with Crippen LogP contribution in [0.25, 0.3) is 0 Å². The molecule has 1 saturated heterocycles. The van der Waals surface area contributed by atoms with Crippen LogP contribution >= 0.6 is 23.2 Å². The summed E-state index contributed by atoms with van der Waals surface area (Å²) in [6.07, 6.45) is 5.87. The Bertz CT molecular complexity index is 1130. The van der Waals surface area contributed by atoms with E-state index in [1.54, 1.807) is 18.3 Å². The minimum Gasteiger partial charge on any atom is -0.493 e. The number of halogens is 2. The summed E-state index contributed by atoms with van der Waals surface area (Å²) >= 11 is 12.4. The summed E-state index contributed by atoms with van der Waals surface area (Å²) in [5.74, 6) is 1.78. The summed E-state index contributed by atoms with van der Waals surface area (Å²) in [7, 11) is 1.53. The summed E-state index contributed by atoms with van der Waals surface area (Å²) < 4.78 is 11.4. The number of nitrogens with one attached hydrogen (secondary N) is 1. The highest BCUT2D eigenvalue weighted by atomic mass is 35.5. The molecular weight excluding hydrogens is 449 g/mol. The first-order chi connectivity index (χ1) is 15.4. The largest absolute Gasteiger partial charge is 0.493 e. The Morgan fingerprint density at radius 2 is 1.94 bits per heavy atom. The van der Waals surface area contributed by atoms with E-state index in [-0.39, 0.29) is 12.3 Å². The standard InChI is InChI=1S/C23H23Cl2N5O2/c1-13-5-6-30(13)22-4-3-14(9-29-22)23(27)15-7-21(20(31-2)8-19(15)26)32-12-16-17(24)10-28-11-18(16)25/h3-4,7-11,13,27H,5-6,12,26H2,1-2H3/t13-/m1/s1. The lowest BCUT2D eigenvalue weighted by atomic mass is 10.0. The molecule has 1 fully saturated rings. The molecule has 166 valence electrons. The molecule has 9 heteroatoms. The molecule has 0 amide bonds. The van der Waals surface area contributed by atoms with Gasteiger partial charge in [0.2, 0.25) is 0 Å². The zero-order chi connectivity index (χ0) is 22.8. The molecule has 1 aliphatic rings. The SMILES string of the molecule is COc1cc(N)c(C(=N)c2ccc(N3CC[C@H]3C)nc2)cc1OCc1c(Cl)cncc1Cl. The highest BCUT2D eigenvalue weighted by Crippen LogP contribution is 2.35. The van der Waals surface area contributed by atoms with E-state index in [1.165, 1.54) is 25.9 Å². The predicted molar refractivity (Wildman–Crippen MR) is 128 cm³/mol. The van der Waals surface area contributed by atoms with Crippen molar-refractivity contribution < 1.29 is 9.47 Å². The molecule has 1 aromatic carbocycles. The molecule has 7 nitrogen and oxygen atoms in total. The maximum absolute atomic E-state index is 8.70. The molecule has 0 saturated carbocycles. The van der Waals surface area contributed by atoms with E-state index in [0.717, 1.165) is 12.4 Å². The first kappa shape index (κ1) is 22.2. The molecule has 32 heavy (non-hydrogen) atoms. The molecule has 1 atom stereocenters. The lowest BCUT2D eigenvalue weighted by Gasteiger charge is -2.39. The summed E-state index contributed by atoms with van der Waals surface area (Å²) in [6.45, 7) is 3.28. The van der Waals surface area contributed by atoms with Gasteiger partial charge >= 0.3 is 0 Å². The van der Waals surface area contributed by atoms with Crippen molar-refractivity contribution in [3.8, 4) is 11.5 Å². The van der Waals surface area contributed by atoms with Crippen molar-refractivity contribution in [1.82, 2.24) is 9.97 Å². The topological polar surface area (TPSA) is 97.4 Å². The smallest absolute Gasteiger partial charge is 0.162 e. The third kappa shape index (κ3) is 4.31. The molecule has 3 aromatic rings. The fraction of sp³-hybridized carbons (Fsp3) is 0.261. The number of anilines is 2. The minimum absolute atomic E-state index is 0.109. The quantitative estimate of drug-likeness (QED) is 0.372. The van der Waals surface area contributed by atoms with Gasteiger partial charge in [-0.05, 0) is 31.5 Å². The lowest BCUT2D eigenvalue weighted by molar-refractivity contribution is 0.284. The van der Waals surface area contributed by atoms with Gasteiger partial charge in [0.25, 0.3) is 0 Å². The average Bonchev–Trinajstić information content (AvgIpc) is 2.78. The molecule has 4 rings (SSSR count). The van der Waals surface area contributed by atoms with Crippen LogP contribution in [0.4, 0.5) is 11.5 Å². The maximum atomic E-state index is 8.70. The third-order valence-electron chi connectivity index (χ3n) is 5.58. The zero-order valence-corrected chi connectivity index (χ0v) is 19.2. The Balaban J connectivity index is 1.59. The number of nitrogens with zero attached hydrogens (tertiary/aromatic N) is 3. The zero-order valence-electron chi connectivity index (χ0n) is 17.7. The second kappa shape index (κ2) is 9.22. The molecule has 0 spiro atoms. The Hall–Kier alpha value is -3.03. The number of rotatable bonds is 7. The van der Waals surface area contributed by atoms with Crippen molar-refractivity contribution in [3.05, 3.63) is 69.6 Å². The van der Waals surface area contributed by atoms with Crippen molar-refractivity contribution in [1.29, 1.82) is 5.41 Å². The van der Waals surface area contributed by atoms with Crippen LogP contribution < -0.4 is 20.1 Å². The van der Waals surface area contributed by atoms with Gasteiger partial charge in [0.1, 0.15) is 12.4 Å². The Kier molecular flexibility index (Phi) is 6.39. The molecule has 1 aliphatic heterocycles. The van der Waals surface area contributed by atoms with Crippen molar-refractivity contribution in [2.75, 3.05) is 24.3 Å². The average molecular weight is 472 g/mol. The summed E-state index contributed by atoms with van der Waals surface area (Å²) in [6, 6.07) is 7.64. The van der Waals surface area contributed by atoms with Crippen molar-refractivity contribution in [3.63, 3.8) is 0 Å². The van der Waals surface area contributed by atoms with Gasteiger partial charge < -0.3 is 20.1 Å². The van der Waals surface area contributed by atoms with Crippen LogP contribution in [0.15, 0.2) is 42.9 Å². The van der Waals surface area contributed by atoms with Gasteiger partial charge in [0, 0.05) is 59.6 Å². The molecule has 2 aromatic heterocycles. The Labute approximate surface area is 196 Å². The fourth-order valence-electron chi connectivity index (χ4n) is 3.51. The lowest BCUT2D eigenvalue weighted by Crippen LogP contribution is -2.46. The van der Waals surface area contributed by atoms with Crippen molar-refractivity contribution in [2.45, 2.75) is 26.0 Å². The second-order valence-electron chi connectivity index (χ2n) is 7.57. The van der Waals surface area contributed by atoms with Crippen LogP contribution in [0, 0.1) is 5.41 Å². The normalized spacial score (nSPS) is 15.2. The van der Waals surface area contributed by atoms with Crippen LogP contribution in [-0.2, 0) is 6.61 Å². The molecule has 0 radical (unpaired) electrons. The van der Waals surface area contributed by atoms with E-state index in [9.17, 15) is 0 Å². The van der Waals surface area contributed by atoms with Crippen LogP contribution in [0.1, 0.15) is 30.0 Å². The van der Waals surface area contributed by atoms with Crippen LogP contribution in [-0.4, -0.2) is 35.4 Å². The van der Waals surface area contributed by atoms with Crippen LogP contribution in [0.5, 0.6) is 11.5 Å². The number of methoxy groups -OCH3 is 1. The van der Waals surface area contributed by atoms with E-state index in [1.807, 2.05) is 12.1 Å². The monoisotopic (exact) mass is 471 g/mol. The Morgan fingerprint density at radius 3 is 2.50 bits per heavy atom. The fourth-order valence-corrected chi connectivity index (χ4v) is 3.98. The van der Waals surface area contributed by atoms with Crippen molar-refractivity contribution >= 4 is 40.4 Å². The van der Waals surface area contributed by atoms with Gasteiger partial charge in [-0.1, -0.05) is 23.2 Å². The van der Waals surface area contributed by atoms with E-state index in [2.05, 4.69) is 21.8 Å². The number of pyridine rings is 2. The number of aromatic nitrogens is 2. The van der Waals surface area contributed by atoms with Crippen LogP contribution in [0.3, 0.4) is 0 Å². The number of nitrogens with two attached hydrogens (primary N) is 1. The number of hydrogen-bond acceptors (Lipinski definition) is 7. The van der Waals surface area contributed by atoms with Gasteiger partial charge in [0.05, 0.1) is 22.9 Å². The number of hydrogen-bond donors (Lipinski definition) is 2. The number of benzene rings is 1. The molecule has 0 aliphatic carbocycles. The third-order valence-corrected chi connectivity index (χ3v) is 6.23. The predicted octanol–water partition coefficient (Wildman–Crippen LogP) is 4.97. The van der Waals surface area contributed by atoms with E-state index < -0.39 is 0 Å². The van der Waals surface area contributed by atoms with Gasteiger partial charge in [-0.3, -0.25) is 10.4 Å². The van der Waals surface area contributed by atoms with E-state index >= 15 is 0 Å². The maximum Gasteiger partial charge on any atom is 0.162 e. The van der Waals surface area contributed by atoms with Gasteiger partial charge in [-0.15, -0.1) is 0 Å². The van der Waals surface area contributed by atoms with E-state index in [4.69, 9.17) is 43.8 Å². The highest BCUT2D eigenvalue weighted by Gasteiger charge is 2.24. The summed E-state index contributed by atoms with van der Waals surface area (Å²) in [5, 5.41) is 9.51. The molecule has 3 N–H and O–H groups in total. The van der Waals surface area contributed by atoms with Gasteiger partial charge in [-0.2, -0.15) is 0 Å². The van der Waals surface area contributed by atoms with Gasteiger partial charge in [0.15, 0.2) is 11.5 Å². The van der Waals surface area contributed by atoms with Crippen molar-refractivity contribution in [2.24, 2.45) is 0 Å². The highest BCUT2D eigenvalue weighted by molar-refractivity contribution is 6.35. The van der Waals surface area contributed by atoms with Crippen LogP contribution in [0.2, 0.25) is 10.0 Å².